The Hall–Kier alpha value is -0.0800. The van der Waals surface area contributed by atoms with Crippen LogP contribution in [-0.4, -0.2) is 37.2 Å². The SMILES string of the molecule is COC12CCC(CN3CCC(C)CC3)(CC1)CC2. The molecule has 0 unspecified atom stereocenters. The Labute approximate surface area is 112 Å². The van der Waals surface area contributed by atoms with Gasteiger partial charge in [0.1, 0.15) is 0 Å². The Morgan fingerprint density at radius 2 is 1.56 bits per heavy atom. The number of ether oxygens (including phenoxy) is 1. The number of nitrogens with zero attached hydrogens (tertiary/aromatic N) is 1. The summed E-state index contributed by atoms with van der Waals surface area (Å²) in [5.41, 5.74) is 0.930. The Morgan fingerprint density at radius 3 is 2.06 bits per heavy atom. The summed E-state index contributed by atoms with van der Waals surface area (Å²) in [6.07, 6.45) is 11.0. The molecule has 0 aromatic heterocycles. The van der Waals surface area contributed by atoms with Gasteiger partial charge in [-0.05, 0) is 75.8 Å². The van der Waals surface area contributed by atoms with Crippen LogP contribution in [0, 0.1) is 11.3 Å². The minimum Gasteiger partial charge on any atom is -0.378 e. The van der Waals surface area contributed by atoms with Crippen LogP contribution in [0.4, 0.5) is 0 Å². The number of hydrogen-bond donors (Lipinski definition) is 0. The number of rotatable bonds is 3. The molecule has 3 saturated carbocycles. The maximum absolute atomic E-state index is 5.80. The summed E-state index contributed by atoms with van der Waals surface area (Å²) in [6.45, 7) is 6.47. The monoisotopic (exact) mass is 251 g/mol. The largest absolute Gasteiger partial charge is 0.378 e. The van der Waals surface area contributed by atoms with Gasteiger partial charge in [0, 0.05) is 13.7 Å². The first-order chi connectivity index (χ1) is 8.65. The first-order valence-electron chi connectivity index (χ1n) is 7.93. The van der Waals surface area contributed by atoms with Gasteiger partial charge in [-0.1, -0.05) is 6.92 Å². The Morgan fingerprint density at radius 1 is 1.00 bits per heavy atom. The molecule has 4 rings (SSSR count). The van der Waals surface area contributed by atoms with E-state index in [0.717, 1.165) is 5.92 Å². The summed E-state index contributed by atoms with van der Waals surface area (Å²) >= 11 is 0. The molecule has 4 aliphatic rings. The van der Waals surface area contributed by atoms with Crippen molar-refractivity contribution in [2.24, 2.45) is 11.3 Å². The molecule has 0 aromatic rings. The molecule has 1 saturated heterocycles. The minimum atomic E-state index is 0.276. The highest BCUT2D eigenvalue weighted by Gasteiger charge is 2.49. The van der Waals surface area contributed by atoms with E-state index in [1.165, 1.54) is 71.0 Å². The third kappa shape index (κ3) is 2.34. The van der Waals surface area contributed by atoms with E-state index in [-0.39, 0.29) is 5.60 Å². The number of fused-ring (bicyclic) bond motifs is 3. The fraction of sp³-hybridized carbons (Fsp3) is 1.00. The molecular weight excluding hydrogens is 222 g/mol. The highest BCUT2D eigenvalue weighted by Crippen LogP contribution is 2.54. The van der Waals surface area contributed by atoms with Crippen molar-refractivity contribution in [1.82, 2.24) is 4.90 Å². The summed E-state index contributed by atoms with van der Waals surface area (Å²) in [6, 6.07) is 0. The molecular formula is C16H29NO. The predicted octanol–water partition coefficient (Wildman–Crippen LogP) is 3.46. The normalized spacial score (nSPS) is 42.3. The molecule has 2 nitrogen and oxygen atoms in total. The van der Waals surface area contributed by atoms with Crippen LogP contribution in [0.25, 0.3) is 0 Å². The number of likely N-dealkylation sites (tertiary alicyclic amines) is 1. The van der Waals surface area contributed by atoms with E-state index in [9.17, 15) is 0 Å². The Balaban J connectivity index is 1.57. The molecule has 2 bridgehead atoms. The molecule has 1 heterocycles. The van der Waals surface area contributed by atoms with Crippen molar-refractivity contribution in [2.45, 2.75) is 63.9 Å². The van der Waals surface area contributed by atoms with Gasteiger partial charge in [-0.25, -0.2) is 0 Å². The molecule has 18 heavy (non-hydrogen) atoms. The van der Waals surface area contributed by atoms with Crippen molar-refractivity contribution in [1.29, 1.82) is 0 Å². The topological polar surface area (TPSA) is 12.5 Å². The number of methoxy groups -OCH3 is 1. The maximum atomic E-state index is 5.80. The molecule has 104 valence electrons. The molecule has 4 fully saturated rings. The van der Waals surface area contributed by atoms with Gasteiger partial charge < -0.3 is 9.64 Å². The van der Waals surface area contributed by atoms with Crippen LogP contribution in [-0.2, 0) is 4.74 Å². The summed E-state index contributed by atoms with van der Waals surface area (Å²) in [4.78, 5) is 2.76. The third-order valence-electron chi connectivity index (χ3n) is 6.20. The molecule has 2 heteroatoms. The van der Waals surface area contributed by atoms with Crippen LogP contribution < -0.4 is 0 Å². The summed E-state index contributed by atoms with van der Waals surface area (Å²) in [5.74, 6) is 0.956. The van der Waals surface area contributed by atoms with E-state index in [1.54, 1.807) is 0 Å². The van der Waals surface area contributed by atoms with Gasteiger partial charge >= 0.3 is 0 Å². The molecule has 0 atom stereocenters. The van der Waals surface area contributed by atoms with Crippen LogP contribution in [0.3, 0.4) is 0 Å². The van der Waals surface area contributed by atoms with Crippen molar-refractivity contribution in [3.05, 3.63) is 0 Å². The van der Waals surface area contributed by atoms with E-state index in [0.29, 0.717) is 5.41 Å². The lowest BCUT2D eigenvalue weighted by Crippen LogP contribution is -2.52. The van der Waals surface area contributed by atoms with E-state index >= 15 is 0 Å². The third-order valence-corrected chi connectivity index (χ3v) is 6.20. The van der Waals surface area contributed by atoms with Crippen LogP contribution in [0.5, 0.6) is 0 Å². The van der Waals surface area contributed by atoms with Gasteiger partial charge in [0.15, 0.2) is 0 Å². The van der Waals surface area contributed by atoms with E-state index in [1.807, 2.05) is 7.11 Å². The van der Waals surface area contributed by atoms with E-state index in [4.69, 9.17) is 4.74 Å². The predicted molar refractivity (Wildman–Crippen MR) is 74.7 cm³/mol. The van der Waals surface area contributed by atoms with E-state index in [2.05, 4.69) is 11.8 Å². The number of hydrogen-bond acceptors (Lipinski definition) is 2. The number of piperidine rings is 1. The second-order valence-electron chi connectivity index (χ2n) is 7.35. The van der Waals surface area contributed by atoms with Gasteiger partial charge in [-0.3, -0.25) is 0 Å². The van der Waals surface area contributed by atoms with Crippen LogP contribution in [0.1, 0.15) is 58.3 Å². The zero-order valence-electron chi connectivity index (χ0n) is 12.2. The zero-order valence-corrected chi connectivity index (χ0v) is 12.2. The standard InChI is InChI=1S/C16H29NO/c1-14-3-11-17(12-4-14)13-15-5-8-16(18-2,9-6-15)10-7-15/h14H,3-13H2,1-2H3. The lowest BCUT2D eigenvalue weighted by atomic mass is 9.58. The zero-order chi connectivity index (χ0) is 12.6. The maximum Gasteiger partial charge on any atom is 0.0679 e. The lowest BCUT2D eigenvalue weighted by molar-refractivity contribution is -0.124. The van der Waals surface area contributed by atoms with Crippen molar-refractivity contribution < 1.29 is 4.74 Å². The summed E-state index contributed by atoms with van der Waals surface area (Å²) < 4.78 is 5.80. The average Bonchev–Trinajstić information content (AvgIpc) is 2.43. The first kappa shape index (κ1) is 12.9. The average molecular weight is 251 g/mol. The van der Waals surface area contributed by atoms with Gasteiger partial charge in [0.2, 0.25) is 0 Å². The second kappa shape index (κ2) is 4.79. The van der Waals surface area contributed by atoms with Crippen LogP contribution in [0.2, 0.25) is 0 Å². The minimum absolute atomic E-state index is 0.276. The molecule has 0 aromatic carbocycles. The quantitative estimate of drug-likeness (QED) is 0.761. The molecule has 0 amide bonds. The van der Waals surface area contributed by atoms with Crippen LogP contribution in [0.15, 0.2) is 0 Å². The highest BCUT2D eigenvalue weighted by atomic mass is 16.5. The summed E-state index contributed by atoms with van der Waals surface area (Å²) in [5, 5.41) is 0. The van der Waals surface area contributed by atoms with Crippen molar-refractivity contribution in [3.63, 3.8) is 0 Å². The van der Waals surface area contributed by atoms with Gasteiger partial charge in [-0.15, -0.1) is 0 Å². The molecule has 0 N–H and O–H groups in total. The molecule has 0 spiro atoms. The van der Waals surface area contributed by atoms with Crippen molar-refractivity contribution in [3.8, 4) is 0 Å². The van der Waals surface area contributed by atoms with Crippen LogP contribution >= 0.6 is 0 Å². The Bertz CT molecular complexity index is 269. The lowest BCUT2D eigenvalue weighted by Gasteiger charge is -2.54. The molecule has 1 aliphatic heterocycles. The van der Waals surface area contributed by atoms with Gasteiger partial charge in [0.25, 0.3) is 0 Å². The highest BCUT2D eigenvalue weighted by molar-refractivity contribution is 5.02. The van der Waals surface area contributed by atoms with Crippen molar-refractivity contribution in [2.75, 3.05) is 26.7 Å². The summed E-state index contributed by atoms with van der Waals surface area (Å²) in [7, 11) is 1.92. The second-order valence-corrected chi connectivity index (χ2v) is 7.35. The van der Waals surface area contributed by atoms with E-state index < -0.39 is 0 Å². The first-order valence-corrected chi connectivity index (χ1v) is 7.93. The molecule has 0 radical (unpaired) electrons. The van der Waals surface area contributed by atoms with Gasteiger partial charge in [-0.2, -0.15) is 0 Å². The fourth-order valence-electron chi connectivity index (χ4n) is 4.47. The fourth-order valence-corrected chi connectivity index (χ4v) is 4.47. The van der Waals surface area contributed by atoms with Gasteiger partial charge in [0.05, 0.1) is 5.60 Å². The molecule has 3 aliphatic carbocycles. The smallest absolute Gasteiger partial charge is 0.0679 e. The Kier molecular flexibility index (Phi) is 3.44. The van der Waals surface area contributed by atoms with Crippen molar-refractivity contribution >= 4 is 0 Å².